The smallest absolute Gasteiger partial charge is 0.261 e. The van der Waals surface area contributed by atoms with Crippen molar-refractivity contribution in [2.75, 3.05) is 6.26 Å². The quantitative estimate of drug-likeness (QED) is 0.723. The van der Waals surface area contributed by atoms with Gasteiger partial charge in [0.25, 0.3) is 5.89 Å². The van der Waals surface area contributed by atoms with E-state index >= 15 is 0 Å². The lowest BCUT2D eigenvalue weighted by atomic mass is 10.3. The van der Waals surface area contributed by atoms with Crippen molar-refractivity contribution in [3.63, 3.8) is 0 Å². The van der Waals surface area contributed by atoms with E-state index in [0.29, 0.717) is 10.6 Å². The Kier molecular flexibility index (Phi) is 3.71. The van der Waals surface area contributed by atoms with Crippen LogP contribution in [0.3, 0.4) is 0 Å². The molecule has 114 valence electrons. The molecule has 3 aromatic rings. The third-order valence-electron chi connectivity index (χ3n) is 2.78. The van der Waals surface area contributed by atoms with Crippen LogP contribution in [0.4, 0.5) is 0 Å². The van der Waals surface area contributed by atoms with Crippen LogP contribution in [0.2, 0.25) is 5.02 Å². The van der Waals surface area contributed by atoms with Gasteiger partial charge in [0, 0.05) is 17.5 Å². The van der Waals surface area contributed by atoms with E-state index in [9.17, 15) is 8.42 Å². The second-order valence-electron chi connectivity index (χ2n) is 4.74. The average Bonchev–Trinajstić information content (AvgIpc) is 3.06. The highest BCUT2D eigenvalue weighted by Gasteiger charge is 2.15. The van der Waals surface area contributed by atoms with Gasteiger partial charge in [-0.3, -0.25) is 0 Å². The van der Waals surface area contributed by atoms with E-state index in [2.05, 4.69) is 15.2 Å². The molecule has 22 heavy (non-hydrogen) atoms. The van der Waals surface area contributed by atoms with E-state index in [1.54, 1.807) is 29.2 Å². The first-order chi connectivity index (χ1) is 10.4. The minimum absolute atomic E-state index is 0.122. The van der Waals surface area contributed by atoms with Crippen LogP contribution < -0.4 is 0 Å². The second-order valence-corrected chi connectivity index (χ2v) is 7.31. The molecule has 0 N–H and O–H groups in total. The zero-order valence-electron chi connectivity index (χ0n) is 11.5. The molecule has 0 saturated heterocycles. The Hall–Kier alpha value is -2.19. The van der Waals surface area contributed by atoms with E-state index in [-0.39, 0.29) is 17.5 Å². The van der Waals surface area contributed by atoms with Crippen molar-refractivity contribution >= 4 is 21.4 Å². The van der Waals surface area contributed by atoms with Gasteiger partial charge >= 0.3 is 0 Å². The molecule has 2 heterocycles. The van der Waals surface area contributed by atoms with E-state index in [4.69, 9.17) is 16.1 Å². The van der Waals surface area contributed by atoms with Gasteiger partial charge < -0.3 is 4.52 Å². The molecule has 0 aliphatic rings. The molecule has 9 heteroatoms. The largest absolute Gasteiger partial charge is 0.334 e. The summed E-state index contributed by atoms with van der Waals surface area (Å²) in [6.45, 7) is 0. The van der Waals surface area contributed by atoms with Gasteiger partial charge in [0.05, 0.1) is 17.4 Å². The van der Waals surface area contributed by atoms with Gasteiger partial charge in [-0.1, -0.05) is 16.8 Å². The summed E-state index contributed by atoms with van der Waals surface area (Å²) in [7, 11) is -3.21. The van der Waals surface area contributed by atoms with Gasteiger partial charge in [0.1, 0.15) is 5.75 Å². The Morgan fingerprint density at radius 1 is 1.27 bits per heavy atom. The van der Waals surface area contributed by atoms with Gasteiger partial charge in [0.2, 0.25) is 0 Å². The predicted octanol–water partition coefficient (Wildman–Crippen LogP) is 2.12. The molecule has 3 rings (SSSR count). The molecule has 0 atom stereocenters. The molecule has 1 aromatic carbocycles. The highest BCUT2D eigenvalue weighted by Crippen LogP contribution is 2.19. The van der Waals surface area contributed by atoms with Crippen LogP contribution in [-0.2, 0) is 15.6 Å². The van der Waals surface area contributed by atoms with E-state index < -0.39 is 9.84 Å². The summed E-state index contributed by atoms with van der Waals surface area (Å²) in [5.74, 6) is 0.0811. The molecular weight excluding hydrogens is 328 g/mol. The summed E-state index contributed by atoms with van der Waals surface area (Å²) in [6, 6.07) is 7.16. The zero-order chi connectivity index (χ0) is 15.7. The van der Waals surface area contributed by atoms with Crippen LogP contribution in [-0.4, -0.2) is 34.6 Å². The Morgan fingerprint density at radius 3 is 2.68 bits per heavy atom. The lowest BCUT2D eigenvalue weighted by Crippen LogP contribution is -2.02. The van der Waals surface area contributed by atoms with Gasteiger partial charge in [-0.25, -0.2) is 13.1 Å². The van der Waals surface area contributed by atoms with Crippen LogP contribution in [0.25, 0.3) is 17.1 Å². The topological polar surface area (TPSA) is 90.9 Å². The second kappa shape index (κ2) is 5.54. The van der Waals surface area contributed by atoms with Crippen molar-refractivity contribution in [2.24, 2.45) is 0 Å². The van der Waals surface area contributed by atoms with Crippen LogP contribution >= 0.6 is 11.6 Å². The van der Waals surface area contributed by atoms with Gasteiger partial charge in [0.15, 0.2) is 15.7 Å². The molecule has 0 aliphatic carbocycles. The number of halogens is 1. The van der Waals surface area contributed by atoms with Gasteiger partial charge in [-0.2, -0.15) is 10.1 Å². The molecule has 0 unspecified atom stereocenters. The van der Waals surface area contributed by atoms with Crippen molar-refractivity contribution in [3.05, 3.63) is 47.5 Å². The van der Waals surface area contributed by atoms with Crippen LogP contribution in [0.1, 0.15) is 5.82 Å². The number of hydrogen-bond donors (Lipinski definition) is 0. The summed E-state index contributed by atoms with van der Waals surface area (Å²) < 4.78 is 29.1. The number of hydrogen-bond acceptors (Lipinski definition) is 6. The average molecular weight is 339 g/mol. The van der Waals surface area contributed by atoms with Crippen LogP contribution in [0, 0.1) is 0 Å². The van der Waals surface area contributed by atoms with E-state index in [0.717, 1.165) is 11.9 Å². The van der Waals surface area contributed by atoms with Crippen LogP contribution in [0.15, 0.2) is 41.2 Å². The van der Waals surface area contributed by atoms with Crippen molar-refractivity contribution in [1.29, 1.82) is 0 Å². The number of sulfone groups is 1. The summed E-state index contributed by atoms with van der Waals surface area (Å²) >= 11 is 5.84. The zero-order valence-corrected chi connectivity index (χ0v) is 13.0. The summed E-state index contributed by atoms with van der Waals surface area (Å²) in [6.07, 6.45) is 4.38. The fraction of sp³-hybridized carbons (Fsp3) is 0.154. The first-order valence-corrected chi connectivity index (χ1v) is 8.66. The minimum Gasteiger partial charge on any atom is -0.334 e. The molecule has 0 fully saturated rings. The highest BCUT2D eigenvalue weighted by molar-refractivity contribution is 7.89. The number of aromatic nitrogens is 4. The normalized spacial score (nSPS) is 11.7. The van der Waals surface area contributed by atoms with Gasteiger partial charge in [-0.15, -0.1) is 0 Å². The van der Waals surface area contributed by atoms with E-state index in [1.807, 2.05) is 12.1 Å². The Balaban J connectivity index is 1.86. The standard InChI is InChI=1S/C13H11ClN4O3S/c1-22(19,20)8-12-16-13(21-17-12)9-6-15-18(7-9)11-4-2-10(14)3-5-11/h2-7H,8H2,1H3. The highest BCUT2D eigenvalue weighted by atomic mass is 35.5. The maximum Gasteiger partial charge on any atom is 0.261 e. The molecule has 0 amide bonds. The van der Waals surface area contributed by atoms with Crippen LogP contribution in [0.5, 0.6) is 0 Å². The lowest BCUT2D eigenvalue weighted by molar-refractivity contribution is 0.424. The Morgan fingerprint density at radius 2 is 2.00 bits per heavy atom. The summed E-state index contributed by atoms with van der Waals surface area (Å²) in [5, 5.41) is 8.49. The Labute approximate surface area is 131 Å². The first kappa shape index (κ1) is 14.7. The van der Waals surface area contributed by atoms with Crippen molar-refractivity contribution in [1.82, 2.24) is 19.9 Å². The molecule has 0 aliphatic heterocycles. The molecular formula is C13H11ClN4O3S. The number of rotatable bonds is 4. The fourth-order valence-corrected chi connectivity index (χ4v) is 2.54. The number of benzene rings is 1. The molecule has 0 saturated carbocycles. The maximum atomic E-state index is 11.2. The van der Waals surface area contributed by atoms with Crippen molar-refractivity contribution < 1.29 is 12.9 Å². The summed E-state index contributed by atoms with van der Waals surface area (Å²) in [5.41, 5.74) is 1.42. The molecule has 7 nitrogen and oxygen atoms in total. The summed E-state index contributed by atoms with van der Waals surface area (Å²) in [4.78, 5) is 4.06. The Bertz CT molecular complexity index is 900. The molecule has 0 radical (unpaired) electrons. The third-order valence-corrected chi connectivity index (χ3v) is 3.81. The minimum atomic E-state index is -3.21. The molecule has 0 bridgehead atoms. The third kappa shape index (κ3) is 3.34. The monoisotopic (exact) mass is 338 g/mol. The predicted molar refractivity (Wildman–Crippen MR) is 80.4 cm³/mol. The van der Waals surface area contributed by atoms with Gasteiger partial charge in [-0.05, 0) is 24.3 Å². The maximum absolute atomic E-state index is 11.2. The first-order valence-electron chi connectivity index (χ1n) is 6.22. The SMILES string of the molecule is CS(=O)(=O)Cc1noc(-c2cnn(-c3ccc(Cl)cc3)c2)n1. The molecule has 0 spiro atoms. The van der Waals surface area contributed by atoms with Crippen molar-refractivity contribution in [3.8, 4) is 17.1 Å². The van der Waals surface area contributed by atoms with E-state index in [1.165, 1.54) is 0 Å². The fourth-order valence-electron chi connectivity index (χ4n) is 1.83. The lowest BCUT2D eigenvalue weighted by Gasteiger charge is -1.99. The van der Waals surface area contributed by atoms with Crippen molar-refractivity contribution in [2.45, 2.75) is 5.75 Å². The molecule has 2 aromatic heterocycles. The number of nitrogens with zero attached hydrogens (tertiary/aromatic N) is 4.